The summed E-state index contributed by atoms with van der Waals surface area (Å²) in [4.78, 5) is 30.0. The number of H-pyrrole nitrogens is 1. The number of nitrogens with one attached hydrogen (secondary N) is 2. The molecule has 0 radical (unpaired) electrons. The molecule has 44 heavy (non-hydrogen) atoms. The van der Waals surface area contributed by atoms with Crippen molar-refractivity contribution in [3.8, 4) is 33.7 Å². The van der Waals surface area contributed by atoms with Crippen molar-refractivity contribution >= 4 is 43.5 Å². The second-order valence-electron chi connectivity index (χ2n) is 10.4. The summed E-state index contributed by atoms with van der Waals surface area (Å²) in [5.41, 5.74) is 2.39. The number of nitrogens with zero attached hydrogens (tertiary/aromatic N) is 2. The third-order valence-electron chi connectivity index (χ3n) is 7.60. The third kappa shape index (κ3) is 4.82. The van der Waals surface area contributed by atoms with Crippen molar-refractivity contribution in [3.05, 3.63) is 100 Å². The standard InChI is InChI=1S/C32H26F2N4O5S/c1-35-31(39)29-23-13-20(21-12-18(16-37(2)32(21)40)26-14-22-24(34)6-5-7-25(22)36-26)27(38(3)44(4,41)42)15-28(23)43-30(29)17-8-10-19(33)11-9-17/h5-16,36H,1-4H3,(H,35,39). The van der Waals surface area contributed by atoms with Gasteiger partial charge in [-0.3, -0.25) is 13.9 Å². The highest BCUT2D eigenvalue weighted by atomic mass is 32.2. The van der Waals surface area contributed by atoms with E-state index < -0.39 is 33.1 Å². The normalized spacial score (nSPS) is 11.8. The SMILES string of the molecule is CNC(=O)c1c(-c2ccc(F)cc2)oc2cc(N(C)S(C)(=O)=O)c(-c3cc(-c4cc5c(F)cccc5[nH]4)cn(C)c3=O)cc12. The molecule has 3 heterocycles. The van der Waals surface area contributed by atoms with Crippen molar-refractivity contribution in [1.82, 2.24) is 14.9 Å². The van der Waals surface area contributed by atoms with Crippen molar-refractivity contribution in [2.45, 2.75) is 0 Å². The summed E-state index contributed by atoms with van der Waals surface area (Å²) in [5, 5.41) is 3.27. The van der Waals surface area contributed by atoms with Crippen LogP contribution >= 0.6 is 0 Å². The molecule has 0 aliphatic carbocycles. The lowest BCUT2D eigenvalue weighted by Crippen LogP contribution is -2.26. The van der Waals surface area contributed by atoms with Crippen LogP contribution in [0.15, 0.2) is 82.1 Å². The van der Waals surface area contributed by atoms with Crippen molar-refractivity contribution in [3.63, 3.8) is 0 Å². The van der Waals surface area contributed by atoms with Gasteiger partial charge in [0.25, 0.3) is 11.5 Å². The first-order valence-electron chi connectivity index (χ1n) is 13.4. The van der Waals surface area contributed by atoms with Crippen LogP contribution in [0.2, 0.25) is 0 Å². The molecule has 0 unspecified atom stereocenters. The fourth-order valence-electron chi connectivity index (χ4n) is 5.27. The molecule has 0 aliphatic heterocycles. The summed E-state index contributed by atoms with van der Waals surface area (Å²) < 4.78 is 62.2. The predicted octanol–water partition coefficient (Wildman–Crippen LogP) is 5.65. The van der Waals surface area contributed by atoms with Crippen LogP contribution in [0.4, 0.5) is 14.5 Å². The molecule has 0 saturated carbocycles. The van der Waals surface area contributed by atoms with Gasteiger partial charge in [0.1, 0.15) is 23.0 Å². The summed E-state index contributed by atoms with van der Waals surface area (Å²) in [6.07, 6.45) is 2.62. The first-order chi connectivity index (χ1) is 20.9. The van der Waals surface area contributed by atoms with Gasteiger partial charge in [0.15, 0.2) is 0 Å². The Labute approximate surface area is 250 Å². The van der Waals surface area contributed by atoms with Crippen LogP contribution in [0.5, 0.6) is 0 Å². The maximum Gasteiger partial charge on any atom is 0.258 e. The molecule has 12 heteroatoms. The number of carbonyl (C=O) groups excluding carboxylic acids is 1. The number of amides is 1. The van der Waals surface area contributed by atoms with Gasteiger partial charge >= 0.3 is 0 Å². The molecule has 0 bridgehead atoms. The van der Waals surface area contributed by atoms with Gasteiger partial charge in [0, 0.05) is 77.6 Å². The van der Waals surface area contributed by atoms with Gasteiger partial charge in [0.05, 0.1) is 17.5 Å². The molecule has 0 saturated heterocycles. The van der Waals surface area contributed by atoms with Crippen LogP contribution in [-0.2, 0) is 17.1 Å². The van der Waals surface area contributed by atoms with Crippen LogP contribution < -0.4 is 15.2 Å². The molecule has 3 aromatic carbocycles. The average Bonchev–Trinajstić information content (AvgIpc) is 3.59. The topological polar surface area (TPSA) is 117 Å². The van der Waals surface area contributed by atoms with E-state index in [1.165, 1.54) is 55.1 Å². The highest BCUT2D eigenvalue weighted by Crippen LogP contribution is 2.41. The van der Waals surface area contributed by atoms with Gasteiger partial charge in [-0.1, -0.05) is 6.07 Å². The van der Waals surface area contributed by atoms with Crippen molar-refractivity contribution in [1.29, 1.82) is 0 Å². The summed E-state index contributed by atoms with van der Waals surface area (Å²) in [5.74, 6) is -1.23. The number of hydrogen-bond acceptors (Lipinski definition) is 5. The van der Waals surface area contributed by atoms with Gasteiger partial charge < -0.3 is 19.3 Å². The maximum atomic E-state index is 14.5. The number of sulfonamides is 1. The van der Waals surface area contributed by atoms with Crippen LogP contribution in [0.3, 0.4) is 0 Å². The first kappa shape index (κ1) is 28.9. The molecule has 1 amide bonds. The highest BCUT2D eigenvalue weighted by molar-refractivity contribution is 7.92. The Morgan fingerprint density at radius 1 is 0.977 bits per heavy atom. The van der Waals surface area contributed by atoms with Gasteiger partial charge in [-0.2, -0.15) is 0 Å². The Bertz CT molecular complexity index is 2290. The number of halogens is 2. The quantitative estimate of drug-likeness (QED) is 0.251. The Balaban J connectivity index is 1.67. The van der Waals surface area contributed by atoms with Crippen LogP contribution in [0.1, 0.15) is 10.4 Å². The number of fused-ring (bicyclic) bond motifs is 2. The number of rotatable bonds is 6. The third-order valence-corrected chi connectivity index (χ3v) is 8.79. The minimum atomic E-state index is -3.83. The van der Waals surface area contributed by atoms with E-state index >= 15 is 0 Å². The molecule has 2 N–H and O–H groups in total. The van der Waals surface area contributed by atoms with E-state index in [1.54, 1.807) is 43.6 Å². The summed E-state index contributed by atoms with van der Waals surface area (Å²) in [6.45, 7) is 0. The number of hydrogen-bond donors (Lipinski definition) is 2. The Morgan fingerprint density at radius 2 is 1.70 bits per heavy atom. The zero-order valence-electron chi connectivity index (χ0n) is 24.0. The van der Waals surface area contributed by atoms with Crippen molar-refractivity contribution < 1.29 is 26.4 Å². The fourth-order valence-corrected chi connectivity index (χ4v) is 5.78. The molecular formula is C32H26F2N4O5S. The molecule has 0 aliphatic rings. The average molecular weight is 617 g/mol. The van der Waals surface area contributed by atoms with E-state index in [4.69, 9.17) is 4.42 Å². The number of pyridine rings is 1. The largest absolute Gasteiger partial charge is 0.455 e. The molecule has 3 aromatic heterocycles. The summed E-state index contributed by atoms with van der Waals surface area (Å²) in [7, 11) is 0.518. The molecule has 0 spiro atoms. The van der Waals surface area contributed by atoms with Crippen molar-refractivity contribution in [2.75, 3.05) is 24.7 Å². The number of furan rings is 1. The minimum absolute atomic E-state index is 0.125. The van der Waals surface area contributed by atoms with Gasteiger partial charge in [0.2, 0.25) is 10.0 Å². The minimum Gasteiger partial charge on any atom is -0.455 e. The summed E-state index contributed by atoms with van der Waals surface area (Å²) in [6, 6.07) is 16.3. The van der Waals surface area contributed by atoms with Crippen LogP contribution in [-0.4, -0.2) is 44.2 Å². The van der Waals surface area contributed by atoms with Crippen LogP contribution in [0, 0.1) is 11.6 Å². The molecule has 6 rings (SSSR count). The van der Waals surface area contributed by atoms with E-state index in [9.17, 15) is 26.8 Å². The highest BCUT2D eigenvalue weighted by Gasteiger charge is 2.27. The molecule has 9 nitrogen and oxygen atoms in total. The lowest BCUT2D eigenvalue weighted by molar-refractivity contribution is 0.0964. The zero-order valence-corrected chi connectivity index (χ0v) is 24.8. The number of benzene rings is 3. The van der Waals surface area contributed by atoms with Crippen LogP contribution in [0.25, 0.3) is 55.6 Å². The predicted molar refractivity (Wildman–Crippen MR) is 166 cm³/mol. The summed E-state index contributed by atoms with van der Waals surface area (Å²) >= 11 is 0. The smallest absolute Gasteiger partial charge is 0.258 e. The van der Waals surface area contributed by atoms with Gasteiger partial charge in [-0.25, -0.2) is 17.2 Å². The fraction of sp³-hybridized carbons (Fsp3) is 0.125. The van der Waals surface area contributed by atoms with E-state index in [0.29, 0.717) is 33.1 Å². The molecule has 6 aromatic rings. The molecule has 0 fully saturated rings. The van der Waals surface area contributed by atoms with Gasteiger partial charge in [-0.05, 0) is 54.6 Å². The van der Waals surface area contributed by atoms with Gasteiger partial charge in [-0.15, -0.1) is 0 Å². The molecule has 0 atom stereocenters. The Kier molecular flexibility index (Phi) is 6.88. The Morgan fingerprint density at radius 3 is 2.36 bits per heavy atom. The number of aromatic nitrogens is 2. The second-order valence-corrected chi connectivity index (χ2v) is 12.4. The molecular weight excluding hydrogens is 590 g/mol. The lowest BCUT2D eigenvalue weighted by Gasteiger charge is -2.21. The number of anilines is 1. The number of aromatic amines is 1. The Hall–Kier alpha value is -5.23. The lowest BCUT2D eigenvalue weighted by atomic mass is 9.98. The first-order valence-corrected chi connectivity index (χ1v) is 15.2. The van der Waals surface area contributed by atoms with E-state index in [-0.39, 0.29) is 33.7 Å². The van der Waals surface area contributed by atoms with Crippen molar-refractivity contribution in [2.24, 2.45) is 7.05 Å². The zero-order chi connectivity index (χ0) is 31.5. The number of aryl methyl sites for hydroxylation is 1. The second kappa shape index (κ2) is 10.5. The van der Waals surface area contributed by atoms with E-state index in [0.717, 1.165) is 10.6 Å². The monoisotopic (exact) mass is 616 g/mol. The maximum absolute atomic E-state index is 14.5. The van der Waals surface area contributed by atoms with E-state index in [1.807, 2.05) is 0 Å². The van der Waals surface area contributed by atoms with E-state index in [2.05, 4.69) is 10.3 Å². The molecule has 224 valence electrons. The number of carbonyl (C=O) groups is 1.